The maximum absolute atomic E-state index is 9.16. The van der Waals surface area contributed by atoms with Gasteiger partial charge in [0, 0.05) is 0 Å². The SMILES string of the molecule is CC1C2=CC[C](=C2CCCO)[Zr+2][C]2=C(CCCO)C1=CC2.[Cl-].[Cl-]. The maximum atomic E-state index is 9.16. The molecule has 0 aromatic carbocycles. The summed E-state index contributed by atoms with van der Waals surface area (Å²) in [5.74, 6) is 0.502. The summed E-state index contributed by atoms with van der Waals surface area (Å²) < 4.78 is 3.50. The molecule has 3 aliphatic rings. The fourth-order valence-electron chi connectivity index (χ4n) is 3.85. The zero-order valence-corrected chi connectivity index (χ0v) is 17.5. The maximum Gasteiger partial charge on any atom is -1.00 e. The molecule has 0 unspecified atom stereocenters. The molecule has 0 radical (unpaired) electrons. The summed E-state index contributed by atoms with van der Waals surface area (Å²) in [5.41, 5.74) is 6.31. The molecule has 2 N–H and O–H groups in total. The molecule has 1 aliphatic heterocycles. The standard InChI is InChI=1S/C18H24O2.2ClH.Zr/c1-14(17-10-2-6-15(17)8-4-12-19)18-11-3-7-16(18)9-5-13-20;;;/h10-11,14,19-20H,2-5,8-9,12-13H2,1H3;2*1H;/q;;;+2/p-2. The van der Waals surface area contributed by atoms with Crippen molar-refractivity contribution in [2.24, 2.45) is 5.92 Å². The summed E-state index contributed by atoms with van der Waals surface area (Å²) in [7, 11) is 0. The Labute approximate surface area is 163 Å². The minimum Gasteiger partial charge on any atom is -1.00 e. The molecule has 3 rings (SSSR count). The van der Waals surface area contributed by atoms with Crippen LogP contribution in [0.2, 0.25) is 0 Å². The van der Waals surface area contributed by atoms with Crippen LogP contribution in [-0.4, -0.2) is 23.4 Å². The number of fused-ring (bicyclic) bond motifs is 2. The average molecular weight is 435 g/mol. The molecule has 0 spiro atoms. The molecule has 2 nitrogen and oxygen atoms in total. The van der Waals surface area contributed by atoms with Gasteiger partial charge in [-0.15, -0.1) is 0 Å². The first-order valence-corrected chi connectivity index (χ1v) is 10.6. The largest absolute Gasteiger partial charge is 1.00 e. The average Bonchev–Trinajstić information content (AvgIpc) is 3.08. The van der Waals surface area contributed by atoms with E-state index in [-0.39, 0.29) is 24.8 Å². The van der Waals surface area contributed by atoms with E-state index in [1.165, 1.54) is 12.8 Å². The van der Waals surface area contributed by atoms with Gasteiger partial charge in [0.15, 0.2) is 0 Å². The number of halogens is 2. The van der Waals surface area contributed by atoms with Gasteiger partial charge in [-0.2, -0.15) is 0 Å². The molecule has 0 saturated carbocycles. The first kappa shape index (κ1) is 21.4. The second-order valence-electron chi connectivity index (χ2n) is 6.14. The van der Waals surface area contributed by atoms with Gasteiger partial charge < -0.3 is 24.8 Å². The van der Waals surface area contributed by atoms with Crippen LogP contribution >= 0.6 is 0 Å². The first-order valence-electron chi connectivity index (χ1n) is 8.10. The van der Waals surface area contributed by atoms with Crippen LogP contribution in [0.3, 0.4) is 0 Å². The van der Waals surface area contributed by atoms with Gasteiger partial charge in [-0.1, -0.05) is 0 Å². The molecule has 126 valence electrons. The number of hydrogen-bond acceptors (Lipinski definition) is 2. The van der Waals surface area contributed by atoms with Crippen molar-refractivity contribution < 1.29 is 58.3 Å². The monoisotopic (exact) mass is 432 g/mol. The van der Waals surface area contributed by atoms with Crippen molar-refractivity contribution >= 4 is 0 Å². The van der Waals surface area contributed by atoms with Gasteiger partial charge in [-0.3, -0.25) is 0 Å². The Morgan fingerprint density at radius 2 is 1.35 bits per heavy atom. The van der Waals surface area contributed by atoms with E-state index in [1.807, 2.05) is 0 Å². The summed E-state index contributed by atoms with van der Waals surface area (Å²) in [5, 5.41) is 18.3. The third kappa shape index (κ3) is 4.31. The van der Waals surface area contributed by atoms with Crippen molar-refractivity contribution in [2.45, 2.75) is 45.4 Å². The van der Waals surface area contributed by atoms with Crippen molar-refractivity contribution in [1.29, 1.82) is 0 Å². The van der Waals surface area contributed by atoms with Gasteiger partial charge in [0.25, 0.3) is 0 Å². The fraction of sp³-hybridized carbons (Fsp3) is 0.556. The molecule has 23 heavy (non-hydrogen) atoms. The van der Waals surface area contributed by atoms with E-state index in [2.05, 4.69) is 19.1 Å². The van der Waals surface area contributed by atoms with Crippen LogP contribution in [0.4, 0.5) is 0 Å². The van der Waals surface area contributed by atoms with Gasteiger partial charge in [0.2, 0.25) is 0 Å². The summed E-state index contributed by atoms with van der Waals surface area (Å²) >= 11 is -0.638. The Morgan fingerprint density at radius 1 is 0.913 bits per heavy atom. The number of aliphatic hydroxyl groups is 2. The zero-order valence-electron chi connectivity index (χ0n) is 13.5. The van der Waals surface area contributed by atoms with E-state index in [1.54, 1.807) is 28.9 Å². The van der Waals surface area contributed by atoms with Crippen LogP contribution in [0.15, 0.2) is 41.0 Å². The van der Waals surface area contributed by atoms with Gasteiger partial charge in [0.1, 0.15) is 0 Å². The van der Waals surface area contributed by atoms with Crippen LogP contribution in [0, 0.1) is 5.92 Å². The van der Waals surface area contributed by atoms with Gasteiger partial charge in [0.05, 0.1) is 0 Å². The van der Waals surface area contributed by atoms with E-state index in [9.17, 15) is 0 Å². The summed E-state index contributed by atoms with van der Waals surface area (Å²) in [6.07, 6.45) is 11.2. The van der Waals surface area contributed by atoms with Crippen molar-refractivity contribution in [3.05, 3.63) is 41.0 Å². The minimum atomic E-state index is -0.638. The van der Waals surface area contributed by atoms with Gasteiger partial charge in [-0.25, -0.2) is 0 Å². The van der Waals surface area contributed by atoms with Crippen LogP contribution in [0.25, 0.3) is 0 Å². The molecule has 0 aromatic heterocycles. The zero-order chi connectivity index (χ0) is 14.8. The Kier molecular flexibility index (Phi) is 9.05. The molecule has 5 heteroatoms. The van der Waals surface area contributed by atoms with Crippen LogP contribution < -0.4 is 24.8 Å². The molecule has 0 fully saturated rings. The molecular weight excluding hydrogens is 410 g/mol. The second kappa shape index (κ2) is 9.73. The minimum absolute atomic E-state index is 0. The number of hydrogen-bond donors (Lipinski definition) is 2. The van der Waals surface area contributed by atoms with Crippen LogP contribution in [-0.2, 0) is 23.2 Å². The fourth-order valence-corrected chi connectivity index (χ4v) is 7.81. The third-order valence-corrected chi connectivity index (χ3v) is 8.85. The first-order chi connectivity index (χ1) is 10.3. The smallest absolute Gasteiger partial charge is 1.00 e. The molecule has 0 aromatic rings. The normalized spacial score (nSPS) is 19.1. The predicted octanol–water partition coefficient (Wildman–Crippen LogP) is -2.56. The summed E-state index contributed by atoms with van der Waals surface area (Å²) in [4.78, 5) is 0. The molecule has 2 aliphatic carbocycles. The number of aliphatic hydroxyl groups excluding tert-OH is 2. The van der Waals surface area contributed by atoms with Crippen molar-refractivity contribution in [1.82, 2.24) is 0 Å². The second-order valence-corrected chi connectivity index (χ2v) is 9.72. The quantitative estimate of drug-likeness (QED) is 0.483. The third-order valence-electron chi connectivity index (χ3n) is 4.88. The van der Waals surface area contributed by atoms with Crippen LogP contribution in [0.5, 0.6) is 0 Å². The predicted molar refractivity (Wildman–Crippen MR) is 81.3 cm³/mol. The van der Waals surface area contributed by atoms with E-state index in [0.717, 1.165) is 25.7 Å². The van der Waals surface area contributed by atoms with Crippen molar-refractivity contribution in [2.75, 3.05) is 13.2 Å². The Bertz CT molecular complexity index is 513. The Hall–Kier alpha value is 0.343. The molecule has 4 bridgehead atoms. The van der Waals surface area contributed by atoms with Crippen molar-refractivity contribution in [3.63, 3.8) is 0 Å². The molecular formula is C18H24Cl2O2Zr. The molecule has 1 heterocycles. The molecule has 0 saturated heterocycles. The Morgan fingerprint density at radius 3 is 1.74 bits per heavy atom. The van der Waals surface area contributed by atoms with E-state index < -0.39 is 23.2 Å². The number of allylic oxidation sites excluding steroid dienone is 8. The van der Waals surface area contributed by atoms with Gasteiger partial charge in [-0.05, 0) is 0 Å². The van der Waals surface area contributed by atoms with E-state index in [0.29, 0.717) is 19.1 Å². The number of rotatable bonds is 6. The topological polar surface area (TPSA) is 40.5 Å². The molecule has 0 amide bonds. The Balaban J connectivity index is 0.00000132. The van der Waals surface area contributed by atoms with E-state index >= 15 is 0 Å². The molecule has 0 atom stereocenters. The van der Waals surface area contributed by atoms with Gasteiger partial charge >= 0.3 is 139 Å². The summed E-state index contributed by atoms with van der Waals surface area (Å²) in [6.45, 7) is 2.95. The summed E-state index contributed by atoms with van der Waals surface area (Å²) in [6, 6.07) is 0. The van der Waals surface area contributed by atoms with Crippen LogP contribution in [0.1, 0.15) is 45.4 Å². The van der Waals surface area contributed by atoms with E-state index in [4.69, 9.17) is 10.2 Å². The van der Waals surface area contributed by atoms with Crippen molar-refractivity contribution in [3.8, 4) is 0 Å².